The van der Waals surface area contributed by atoms with Crippen molar-refractivity contribution < 1.29 is 13.2 Å². The number of carbonyl (C=O) groups is 1. The Kier molecular flexibility index (Phi) is 8.14. The van der Waals surface area contributed by atoms with Crippen molar-refractivity contribution in [2.75, 3.05) is 13.1 Å². The van der Waals surface area contributed by atoms with Crippen LogP contribution in [0.3, 0.4) is 0 Å². The van der Waals surface area contributed by atoms with Crippen molar-refractivity contribution in [1.82, 2.24) is 9.62 Å². The highest BCUT2D eigenvalue weighted by Crippen LogP contribution is 2.27. The first kappa shape index (κ1) is 23.8. The minimum Gasteiger partial charge on any atom is -0.348 e. The molecule has 1 heterocycles. The third kappa shape index (κ3) is 5.68. The van der Waals surface area contributed by atoms with Crippen molar-refractivity contribution in [1.29, 1.82) is 0 Å². The van der Waals surface area contributed by atoms with Crippen LogP contribution in [0.1, 0.15) is 66.6 Å². The molecule has 2 aromatic carbocycles. The van der Waals surface area contributed by atoms with Crippen molar-refractivity contribution in [3.8, 4) is 0 Å². The number of halogens is 1. The van der Waals surface area contributed by atoms with Crippen LogP contribution in [0.4, 0.5) is 0 Å². The average molecular weight is 463 g/mol. The molecule has 2 aromatic rings. The quantitative estimate of drug-likeness (QED) is 0.632. The fourth-order valence-electron chi connectivity index (χ4n) is 3.95. The van der Waals surface area contributed by atoms with E-state index in [2.05, 4.69) is 37.4 Å². The molecule has 5 nitrogen and oxygen atoms in total. The molecule has 1 saturated heterocycles. The Morgan fingerprint density at radius 1 is 0.968 bits per heavy atom. The molecular formula is C24H31ClN2O3S. The molecule has 1 fully saturated rings. The Balaban J connectivity index is 1.80. The van der Waals surface area contributed by atoms with E-state index in [-0.39, 0.29) is 15.8 Å². The Morgan fingerprint density at radius 3 is 2.32 bits per heavy atom. The zero-order chi connectivity index (χ0) is 22.4. The van der Waals surface area contributed by atoms with Gasteiger partial charge in [-0.3, -0.25) is 4.79 Å². The van der Waals surface area contributed by atoms with Gasteiger partial charge in [-0.05, 0) is 60.6 Å². The Hall–Kier alpha value is -1.89. The molecule has 0 atom stereocenters. The van der Waals surface area contributed by atoms with Gasteiger partial charge in [-0.1, -0.05) is 56.5 Å². The van der Waals surface area contributed by atoms with Gasteiger partial charge in [0.2, 0.25) is 10.0 Å². The van der Waals surface area contributed by atoms with Gasteiger partial charge in [0.15, 0.2) is 0 Å². The Labute approximate surface area is 190 Å². The lowest BCUT2D eigenvalue weighted by atomic mass is 10.0. The van der Waals surface area contributed by atoms with Gasteiger partial charge in [0.25, 0.3) is 5.91 Å². The zero-order valence-corrected chi connectivity index (χ0v) is 19.9. The van der Waals surface area contributed by atoms with Gasteiger partial charge in [-0.2, -0.15) is 4.31 Å². The summed E-state index contributed by atoms with van der Waals surface area (Å²) in [6.45, 7) is 5.56. The topological polar surface area (TPSA) is 66.5 Å². The summed E-state index contributed by atoms with van der Waals surface area (Å²) in [5.41, 5.74) is 3.79. The van der Waals surface area contributed by atoms with Crippen LogP contribution in [-0.2, 0) is 29.4 Å². The van der Waals surface area contributed by atoms with Crippen LogP contribution in [0.25, 0.3) is 0 Å². The van der Waals surface area contributed by atoms with E-state index in [1.165, 1.54) is 27.6 Å². The summed E-state index contributed by atoms with van der Waals surface area (Å²) in [5, 5.41) is 3.08. The van der Waals surface area contributed by atoms with Crippen LogP contribution in [0.5, 0.6) is 0 Å². The van der Waals surface area contributed by atoms with Crippen LogP contribution in [0, 0.1) is 0 Å². The molecule has 1 aliphatic heterocycles. The number of amides is 1. The average Bonchev–Trinajstić information content (AvgIpc) is 3.07. The molecule has 0 saturated carbocycles. The maximum atomic E-state index is 13.2. The normalized spacial score (nSPS) is 15.5. The van der Waals surface area contributed by atoms with E-state index in [4.69, 9.17) is 11.6 Å². The molecule has 31 heavy (non-hydrogen) atoms. The van der Waals surface area contributed by atoms with Crippen LogP contribution in [0.15, 0.2) is 41.3 Å². The van der Waals surface area contributed by atoms with E-state index in [0.29, 0.717) is 25.2 Å². The monoisotopic (exact) mass is 462 g/mol. The maximum absolute atomic E-state index is 13.2. The number of hydrogen-bond donors (Lipinski definition) is 1. The van der Waals surface area contributed by atoms with E-state index in [1.54, 1.807) is 6.07 Å². The smallest absolute Gasteiger partial charge is 0.251 e. The predicted octanol–water partition coefficient (Wildman–Crippen LogP) is 4.96. The summed E-state index contributed by atoms with van der Waals surface area (Å²) in [4.78, 5) is 12.8. The summed E-state index contributed by atoms with van der Waals surface area (Å²) in [6, 6.07) is 10.8. The molecule has 1 N–H and O–H groups in total. The molecule has 0 bridgehead atoms. The second-order valence-electron chi connectivity index (χ2n) is 7.96. The highest BCUT2D eigenvalue weighted by Gasteiger charge is 2.28. The van der Waals surface area contributed by atoms with Crippen LogP contribution in [-0.4, -0.2) is 31.7 Å². The minimum atomic E-state index is -3.74. The molecule has 1 amide bonds. The first-order valence-electron chi connectivity index (χ1n) is 11.1. The second-order valence-corrected chi connectivity index (χ2v) is 10.3. The van der Waals surface area contributed by atoms with E-state index in [9.17, 15) is 13.2 Å². The van der Waals surface area contributed by atoms with Gasteiger partial charge in [0.1, 0.15) is 4.90 Å². The summed E-state index contributed by atoms with van der Waals surface area (Å²) in [6.07, 6.45) is 5.55. The fraction of sp³-hybridized carbons (Fsp3) is 0.458. The maximum Gasteiger partial charge on any atom is 0.251 e. The van der Waals surface area contributed by atoms with Crippen molar-refractivity contribution in [2.24, 2.45) is 0 Å². The Bertz CT molecular complexity index is 1030. The van der Waals surface area contributed by atoms with E-state index in [0.717, 1.165) is 44.1 Å². The molecule has 0 radical (unpaired) electrons. The molecule has 0 unspecified atom stereocenters. The van der Waals surface area contributed by atoms with Crippen molar-refractivity contribution >= 4 is 27.5 Å². The summed E-state index contributed by atoms with van der Waals surface area (Å²) < 4.78 is 27.9. The highest BCUT2D eigenvalue weighted by atomic mass is 35.5. The number of aryl methyl sites for hydroxylation is 2. The van der Waals surface area contributed by atoms with Gasteiger partial charge in [0, 0.05) is 25.2 Å². The predicted molar refractivity (Wildman–Crippen MR) is 125 cm³/mol. The number of nitrogens with one attached hydrogen (secondary N) is 1. The van der Waals surface area contributed by atoms with Gasteiger partial charge in [-0.25, -0.2) is 8.42 Å². The number of benzene rings is 2. The van der Waals surface area contributed by atoms with Crippen LogP contribution < -0.4 is 5.32 Å². The van der Waals surface area contributed by atoms with Crippen molar-refractivity contribution in [2.45, 2.75) is 63.8 Å². The molecule has 3 rings (SSSR count). The van der Waals surface area contributed by atoms with E-state index in [1.807, 2.05) is 0 Å². The largest absolute Gasteiger partial charge is 0.348 e. The molecule has 1 aliphatic rings. The minimum absolute atomic E-state index is 0.00550. The highest BCUT2D eigenvalue weighted by molar-refractivity contribution is 7.89. The molecule has 0 aromatic heterocycles. The van der Waals surface area contributed by atoms with Crippen molar-refractivity contribution in [3.63, 3.8) is 0 Å². The lowest BCUT2D eigenvalue weighted by Crippen LogP contribution is -2.32. The molecular weight excluding hydrogens is 432 g/mol. The Morgan fingerprint density at radius 2 is 1.68 bits per heavy atom. The molecule has 168 valence electrons. The lowest BCUT2D eigenvalue weighted by Gasteiger charge is -2.21. The second kappa shape index (κ2) is 10.6. The summed E-state index contributed by atoms with van der Waals surface area (Å²) in [5.74, 6) is -0.312. The van der Waals surface area contributed by atoms with E-state index >= 15 is 0 Å². The third-order valence-electron chi connectivity index (χ3n) is 5.88. The SMILES string of the molecule is CCc1ccc(CC)c(CNC(=O)c2ccc(Cl)c(S(=O)(=O)N3CCCCCC3)c2)c1. The standard InChI is InChI=1S/C24H31ClN2O3S/c1-3-18-9-10-19(4-2)21(15-18)17-26-24(28)20-11-12-22(25)23(16-20)31(29,30)27-13-7-5-6-8-14-27/h9-12,15-16H,3-8,13-14,17H2,1-2H3,(H,26,28). The first-order valence-corrected chi connectivity index (χ1v) is 12.9. The first-order chi connectivity index (χ1) is 14.9. The number of carbonyl (C=O) groups excluding carboxylic acids is 1. The van der Waals surface area contributed by atoms with Crippen LogP contribution >= 0.6 is 11.6 Å². The number of nitrogens with zero attached hydrogens (tertiary/aromatic N) is 1. The molecule has 0 spiro atoms. The van der Waals surface area contributed by atoms with Gasteiger partial charge >= 0.3 is 0 Å². The third-order valence-corrected chi connectivity index (χ3v) is 8.26. The lowest BCUT2D eigenvalue weighted by molar-refractivity contribution is 0.0950. The zero-order valence-electron chi connectivity index (χ0n) is 18.3. The number of hydrogen-bond acceptors (Lipinski definition) is 3. The fourth-order valence-corrected chi connectivity index (χ4v) is 5.97. The van der Waals surface area contributed by atoms with Gasteiger partial charge in [-0.15, -0.1) is 0 Å². The van der Waals surface area contributed by atoms with Gasteiger partial charge in [0.05, 0.1) is 5.02 Å². The molecule has 0 aliphatic carbocycles. The van der Waals surface area contributed by atoms with Crippen molar-refractivity contribution in [3.05, 3.63) is 63.7 Å². The van der Waals surface area contributed by atoms with Crippen LogP contribution in [0.2, 0.25) is 5.02 Å². The van der Waals surface area contributed by atoms with E-state index < -0.39 is 10.0 Å². The number of sulfonamides is 1. The number of rotatable bonds is 7. The summed E-state index contributed by atoms with van der Waals surface area (Å²) in [7, 11) is -3.74. The summed E-state index contributed by atoms with van der Waals surface area (Å²) >= 11 is 6.25. The van der Waals surface area contributed by atoms with Gasteiger partial charge < -0.3 is 5.32 Å². The molecule has 7 heteroatoms.